The van der Waals surface area contributed by atoms with E-state index in [-0.39, 0.29) is 48.3 Å². The molecule has 0 saturated carbocycles. The van der Waals surface area contributed by atoms with E-state index in [0.717, 1.165) is 11.1 Å². The van der Waals surface area contributed by atoms with Crippen LogP contribution in [-0.2, 0) is 9.53 Å². The van der Waals surface area contributed by atoms with E-state index in [4.69, 9.17) is 10.5 Å². The van der Waals surface area contributed by atoms with E-state index >= 15 is 0 Å². The van der Waals surface area contributed by atoms with E-state index in [0.29, 0.717) is 13.1 Å². The fourth-order valence-corrected chi connectivity index (χ4v) is 3.40. The molecule has 6 heteroatoms. The Hall–Kier alpha value is -1.95. The zero-order valence-corrected chi connectivity index (χ0v) is 16.4. The molecule has 2 N–H and O–H groups in total. The lowest BCUT2D eigenvalue weighted by Crippen LogP contribution is -2.49. The number of benzene rings is 2. The lowest BCUT2D eigenvalue weighted by molar-refractivity contribution is -0.149. The predicted octanol–water partition coefficient (Wildman–Crippen LogP) is 3.87. The average Bonchev–Trinajstić information content (AvgIpc) is 2.67. The SMILES string of the molecule is CC1CN(C(=O)C(C)C(N)c2ccccc2)CC(c2ccc(F)cc2)O1.Cl. The van der Waals surface area contributed by atoms with Crippen LogP contribution in [0.25, 0.3) is 0 Å². The molecule has 4 unspecified atom stereocenters. The van der Waals surface area contributed by atoms with Crippen molar-refractivity contribution in [1.29, 1.82) is 0 Å². The lowest BCUT2D eigenvalue weighted by Gasteiger charge is -2.39. The first kappa shape index (κ1) is 21.4. The van der Waals surface area contributed by atoms with Crippen molar-refractivity contribution in [3.05, 3.63) is 71.5 Å². The molecule has 4 atom stereocenters. The maximum atomic E-state index is 13.2. The van der Waals surface area contributed by atoms with Gasteiger partial charge in [-0.3, -0.25) is 4.79 Å². The summed E-state index contributed by atoms with van der Waals surface area (Å²) in [4.78, 5) is 14.8. The van der Waals surface area contributed by atoms with Gasteiger partial charge in [0.1, 0.15) is 11.9 Å². The number of rotatable bonds is 4. The standard InChI is InChI=1S/C21H25FN2O2.ClH/c1-14-12-24(13-19(26-14)16-8-10-18(22)11-9-16)21(25)15(2)20(23)17-6-4-3-5-7-17;/h3-11,14-15,19-20H,12-13,23H2,1-2H3;1H. The Balaban J connectivity index is 0.00000261. The molecule has 1 fully saturated rings. The number of hydrogen-bond donors (Lipinski definition) is 1. The van der Waals surface area contributed by atoms with E-state index in [1.54, 1.807) is 12.1 Å². The van der Waals surface area contributed by atoms with Gasteiger partial charge >= 0.3 is 0 Å². The van der Waals surface area contributed by atoms with Crippen LogP contribution in [0, 0.1) is 11.7 Å². The Morgan fingerprint density at radius 3 is 2.41 bits per heavy atom. The third kappa shape index (κ3) is 5.06. The smallest absolute Gasteiger partial charge is 0.227 e. The van der Waals surface area contributed by atoms with Gasteiger partial charge < -0.3 is 15.4 Å². The summed E-state index contributed by atoms with van der Waals surface area (Å²) in [5.74, 6) is -0.604. The lowest BCUT2D eigenvalue weighted by atomic mass is 9.93. The molecule has 0 spiro atoms. The first-order valence-electron chi connectivity index (χ1n) is 8.96. The summed E-state index contributed by atoms with van der Waals surface area (Å²) in [6.45, 7) is 4.79. The molecule has 2 aromatic carbocycles. The van der Waals surface area contributed by atoms with Gasteiger partial charge in [0, 0.05) is 12.6 Å². The van der Waals surface area contributed by atoms with Crippen molar-refractivity contribution in [2.24, 2.45) is 11.7 Å². The number of carbonyl (C=O) groups is 1. The molecule has 146 valence electrons. The summed E-state index contributed by atoms with van der Waals surface area (Å²) in [5, 5.41) is 0. The predicted molar refractivity (Wildman–Crippen MR) is 106 cm³/mol. The van der Waals surface area contributed by atoms with E-state index < -0.39 is 0 Å². The molecule has 1 saturated heterocycles. The fraction of sp³-hybridized carbons (Fsp3) is 0.381. The van der Waals surface area contributed by atoms with Crippen LogP contribution in [0.4, 0.5) is 4.39 Å². The van der Waals surface area contributed by atoms with Crippen LogP contribution in [0.2, 0.25) is 0 Å². The highest BCUT2D eigenvalue weighted by Gasteiger charge is 2.33. The molecule has 0 aliphatic carbocycles. The average molecular weight is 393 g/mol. The van der Waals surface area contributed by atoms with E-state index in [2.05, 4.69) is 0 Å². The minimum Gasteiger partial charge on any atom is -0.367 e. The summed E-state index contributed by atoms with van der Waals surface area (Å²) in [6.07, 6.45) is -0.355. The number of morpholine rings is 1. The second-order valence-electron chi connectivity index (χ2n) is 6.96. The van der Waals surface area contributed by atoms with Crippen molar-refractivity contribution in [3.63, 3.8) is 0 Å². The van der Waals surface area contributed by atoms with Crippen molar-refractivity contribution < 1.29 is 13.9 Å². The molecular weight excluding hydrogens is 367 g/mol. The van der Waals surface area contributed by atoms with Gasteiger partial charge in [-0.05, 0) is 30.2 Å². The number of nitrogens with zero attached hydrogens (tertiary/aromatic N) is 1. The Morgan fingerprint density at radius 2 is 1.78 bits per heavy atom. The van der Waals surface area contributed by atoms with Gasteiger partial charge in [-0.25, -0.2) is 4.39 Å². The van der Waals surface area contributed by atoms with Crippen LogP contribution in [0.15, 0.2) is 54.6 Å². The molecule has 1 heterocycles. The van der Waals surface area contributed by atoms with Crippen molar-refractivity contribution in [1.82, 2.24) is 4.90 Å². The Bertz CT molecular complexity index is 742. The fourth-order valence-electron chi connectivity index (χ4n) is 3.40. The summed E-state index contributed by atoms with van der Waals surface area (Å²) in [7, 11) is 0. The van der Waals surface area contributed by atoms with Gasteiger partial charge in [-0.2, -0.15) is 0 Å². The maximum absolute atomic E-state index is 13.2. The van der Waals surface area contributed by atoms with Gasteiger partial charge in [0.05, 0.1) is 18.6 Å². The molecule has 0 aromatic heterocycles. The van der Waals surface area contributed by atoms with Crippen molar-refractivity contribution in [2.75, 3.05) is 13.1 Å². The molecule has 2 aromatic rings. The van der Waals surface area contributed by atoms with Crippen LogP contribution in [0.1, 0.15) is 37.1 Å². The first-order chi connectivity index (χ1) is 12.5. The van der Waals surface area contributed by atoms with Gasteiger partial charge in [-0.15, -0.1) is 12.4 Å². The highest BCUT2D eigenvalue weighted by Crippen LogP contribution is 2.28. The van der Waals surface area contributed by atoms with Crippen LogP contribution in [-0.4, -0.2) is 30.0 Å². The molecule has 1 aliphatic heterocycles. The third-order valence-corrected chi connectivity index (χ3v) is 4.93. The van der Waals surface area contributed by atoms with Gasteiger partial charge in [0.2, 0.25) is 5.91 Å². The topological polar surface area (TPSA) is 55.6 Å². The van der Waals surface area contributed by atoms with Crippen LogP contribution >= 0.6 is 12.4 Å². The third-order valence-electron chi connectivity index (χ3n) is 4.93. The molecule has 1 aliphatic rings. The Kier molecular flexibility index (Phi) is 7.36. The largest absolute Gasteiger partial charge is 0.367 e. The van der Waals surface area contributed by atoms with E-state index in [1.165, 1.54) is 12.1 Å². The van der Waals surface area contributed by atoms with Crippen LogP contribution in [0.5, 0.6) is 0 Å². The minimum atomic E-state index is -0.355. The normalized spacial score (nSPS) is 21.9. The van der Waals surface area contributed by atoms with Gasteiger partial charge in [0.15, 0.2) is 0 Å². The van der Waals surface area contributed by atoms with Gasteiger partial charge in [-0.1, -0.05) is 49.4 Å². The Labute approximate surface area is 165 Å². The van der Waals surface area contributed by atoms with Gasteiger partial charge in [0.25, 0.3) is 0 Å². The highest BCUT2D eigenvalue weighted by molar-refractivity contribution is 5.85. The van der Waals surface area contributed by atoms with Crippen molar-refractivity contribution >= 4 is 18.3 Å². The molecule has 1 amide bonds. The van der Waals surface area contributed by atoms with E-state index in [1.807, 2.05) is 49.1 Å². The zero-order valence-electron chi connectivity index (χ0n) is 15.5. The number of hydrogen-bond acceptors (Lipinski definition) is 3. The van der Waals surface area contributed by atoms with Crippen LogP contribution in [0.3, 0.4) is 0 Å². The zero-order chi connectivity index (χ0) is 18.7. The van der Waals surface area contributed by atoms with E-state index in [9.17, 15) is 9.18 Å². The van der Waals surface area contributed by atoms with Crippen molar-refractivity contribution in [2.45, 2.75) is 32.1 Å². The second-order valence-corrected chi connectivity index (χ2v) is 6.96. The first-order valence-corrected chi connectivity index (χ1v) is 8.96. The summed E-state index contributed by atoms with van der Waals surface area (Å²) >= 11 is 0. The molecule has 0 radical (unpaired) electrons. The molecule has 27 heavy (non-hydrogen) atoms. The molecule has 3 rings (SSSR count). The number of halogens is 2. The van der Waals surface area contributed by atoms with Crippen molar-refractivity contribution in [3.8, 4) is 0 Å². The second kappa shape index (κ2) is 9.31. The number of nitrogens with two attached hydrogens (primary N) is 1. The van der Waals surface area contributed by atoms with Crippen LogP contribution < -0.4 is 5.73 Å². The minimum absolute atomic E-state index is 0. The molecule has 4 nitrogen and oxygen atoms in total. The summed E-state index contributed by atoms with van der Waals surface area (Å²) < 4.78 is 19.1. The maximum Gasteiger partial charge on any atom is 0.227 e. The number of ether oxygens (including phenoxy) is 1. The highest BCUT2D eigenvalue weighted by atomic mass is 35.5. The monoisotopic (exact) mass is 392 g/mol. The summed E-state index contributed by atoms with van der Waals surface area (Å²) in [6, 6.07) is 15.6. The Morgan fingerprint density at radius 1 is 1.15 bits per heavy atom. The summed E-state index contributed by atoms with van der Waals surface area (Å²) in [5.41, 5.74) is 8.14. The quantitative estimate of drug-likeness (QED) is 0.859. The number of carbonyl (C=O) groups excluding carboxylic acids is 1. The number of amides is 1. The molecular formula is C21H26ClFN2O2. The molecule has 0 bridgehead atoms.